The lowest BCUT2D eigenvalue weighted by atomic mass is 10.2. The summed E-state index contributed by atoms with van der Waals surface area (Å²) in [5, 5.41) is 13.0. The fourth-order valence-electron chi connectivity index (χ4n) is 1.59. The van der Waals surface area contributed by atoms with E-state index in [4.69, 9.17) is 5.11 Å². The Morgan fingerprint density at radius 3 is 2.72 bits per heavy atom. The van der Waals surface area contributed by atoms with E-state index in [9.17, 15) is 4.79 Å². The molecule has 0 saturated carbocycles. The van der Waals surface area contributed by atoms with Crippen molar-refractivity contribution < 1.29 is 9.90 Å². The highest BCUT2D eigenvalue weighted by Crippen LogP contribution is 2.19. The summed E-state index contributed by atoms with van der Waals surface area (Å²) in [6.45, 7) is 3.92. The molecule has 94 valence electrons. The van der Waals surface area contributed by atoms with Crippen LogP contribution >= 0.6 is 22.6 Å². The zero-order valence-corrected chi connectivity index (χ0v) is 12.1. The van der Waals surface area contributed by atoms with E-state index in [1.54, 1.807) is 4.68 Å². The normalized spacial score (nSPS) is 10.9. The van der Waals surface area contributed by atoms with Gasteiger partial charge in [-0.05, 0) is 40.8 Å². The third-order valence-electron chi connectivity index (χ3n) is 2.39. The molecule has 5 nitrogen and oxygen atoms in total. The van der Waals surface area contributed by atoms with Crippen molar-refractivity contribution in [1.29, 1.82) is 0 Å². The van der Waals surface area contributed by atoms with Gasteiger partial charge in [0.15, 0.2) is 0 Å². The highest BCUT2D eigenvalue weighted by atomic mass is 127. The summed E-state index contributed by atoms with van der Waals surface area (Å²) in [5.74, 6) is -0.531. The second kappa shape index (κ2) is 5.05. The molecule has 0 atom stereocenters. The summed E-state index contributed by atoms with van der Waals surface area (Å²) in [6.07, 6.45) is 0. The lowest BCUT2D eigenvalue weighted by molar-refractivity contribution is 0.0683. The van der Waals surface area contributed by atoms with Crippen LogP contribution in [0.5, 0.6) is 0 Å². The second-order valence-corrected chi connectivity index (χ2v) is 5.39. The van der Waals surface area contributed by atoms with E-state index in [0.717, 1.165) is 9.26 Å². The van der Waals surface area contributed by atoms with Gasteiger partial charge in [-0.2, -0.15) is 0 Å². The average molecular weight is 357 g/mol. The first-order valence-corrected chi connectivity index (χ1v) is 6.53. The first-order chi connectivity index (χ1) is 8.49. The molecule has 2 aromatic rings. The van der Waals surface area contributed by atoms with Gasteiger partial charge < -0.3 is 5.11 Å². The molecule has 0 aliphatic rings. The Bertz CT molecular complexity index is 593. The maximum Gasteiger partial charge on any atom is 0.375 e. The number of carboxylic acid groups (broad SMARTS) is 1. The lowest BCUT2D eigenvalue weighted by Gasteiger charge is -2.08. The second-order valence-electron chi connectivity index (χ2n) is 4.15. The van der Waals surface area contributed by atoms with Crippen LogP contribution in [0, 0.1) is 3.57 Å². The summed E-state index contributed by atoms with van der Waals surface area (Å²) >= 11 is 2.20. The molecule has 0 saturated heterocycles. The lowest BCUT2D eigenvalue weighted by Crippen LogP contribution is -2.05. The Kier molecular flexibility index (Phi) is 3.65. The van der Waals surface area contributed by atoms with Crippen LogP contribution in [0.1, 0.15) is 36.2 Å². The molecule has 18 heavy (non-hydrogen) atoms. The van der Waals surface area contributed by atoms with Gasteiger partial charge in [-0.15, -0.1) is 5.10 Å². The zero-order chi connectivity index (χ0) is 13.3. The molecule has 0 radical (unpaired) electrons. The number of benzene rings is 1. The first kappa shape index (κ1) is 13.0. The van der Waals surface area contributed by atoms with Crippen LogP contribution in [0.15, 0.2) is 24.3 Å². The highest BCUT2D eigenvalue weighted by molar-refractivity contribution is 14.1. The molecular formula is C12H12IN3O2. The molecule has 0 spiro atoms. The highest BCUT2D eigenvalue weighted by Gasteiger charge is 2.18. The quantitative estimate of drug-likeness (QED) is 0.858. The molecule has 2 rings (SSSR count). The van der Waals surface area contributed by atoms with Gasteiger partial charge in [0.2, 0.25) is 0 Å². The number of rotatable bonds is 3. The standard InChI is InChI=1S/C12H12IN3O2/c1-7(2)11-14-10(12(17)18)15-16(11)9-5-3-4-8(13)6-9/h3-7H,1-2H3,(H,17,18). The van der Waals surface area contributed by atoms with Crippen LogP contribution in [-0.4, -0.2) is 25.8 Å². The predicted octanol–water partition coefficient (Wildman–Crippen LogP) is 2.69. The Balaban J connectivity index is 2.58. The van der Waals surface area contributed by atoms with E-state index in [1.807, 2.05) is 38.1 Å². The van der Waals surface area contributed by atoms with Crippen LogP contribution in [0.4, 0.5) is 0 Å². The number of nitrogens with zero attached hydrogens (tertiary/aromatic N) is 3. The Morgan fingerprint density at radius 2 is 2.17 bits per heavy atom. The number of aromatic carboxylic acids is 1. The molecule has 0 bridgehead atoms. The van der Waals surface area contributed by atoms with Crippen molar-refractivity contribution in [2.24, 2.45) is 0 Å². The van der Waals surface area contributed by atoms with E-state index < -0.39 is 5.97 Å². The summed E-state index contributed by atoms with van der Waals surface area (Å²) < 4.78 is 2.66. The minimum Gasteiger partial charge on any atom is -0.475 e. The van der Waals surface area contributed by atoms with Gasteiger partial charge in [0.1, 0.15) is 5.82 Å². The smallest absolute Gasteiger partial charge is 0.375 e. The SMILES string of the molecule is CC(C)c1nc(C(=O)O)nn1-c1cccc(I)c1. The molecule has 0 fully saturated rings. The van der Waals surface area contributed by atoms with Gasteiger partial charge in [-0.1, -0.05) is 19.9 Å². The van der Waals surface area contributed by atoms with Crippen molar-refractivity contribution in [2.45, 2.75) is 19.8 Å². The van der Waals surface area contributed by atoms with Gasteiger partial charge >= 0.3 is 5.97 Å². The third kappa shape index (κ3) is 2.53. The van der Waals surface area contributed by atoms with E-state index in [1.165, 1.54) is 0 Å². The van der Waals surface area contributed by atoms with Crippen molar-refractivity contribution in [1.82, 2.24) is 14.8 Å². The minimum absolute atomic E-state index is 0.100. The van der Waals surface area contributed by atoms with Crippen LogP contribution in [0.2, 0.25) is 0 Å². The molecule has 1 N–H and O–H groups in total. The van der Waals surface area contributed by atoms with Gasteiger partial charge in [0.25, 0.3) is 5.82 Å². The van der Waals surface area contributed by atoms with Crippen LogP contribution in [0.3, 0.4) is 0 Å². The molecule has 6 heteroatoms. The Hall–Kier alpha value is -1.44. The van der Waals surface area contributed by atoms with Crippen LogP contribution < -0.4 is 0 Å². The van der Waals surface area contributed by atoms with E-state index in [0.29, 0.717) is 5.82 Å². The van der Waals surface area contributed by atoms with Crippen LogP contribution in [0.25, 0.3) is 5.69 Å². The molecular weight excluding hydrogens is 345 g/mol. The molecule has 1 aromatic heterocycles. The van der Waals surface area contributed by atoms with Crippen LogP contribution in [-0.2, 0) is 0 Å². The summed E-state index contributed by atoms with van der Waals surface area (Å²) in [5.41, 5.74) is 0.825. The average Bonchev–Trinajstić information content (AvgIpc) is 2.73. The number of hydrogen-bond acceptors (Lipinski definition) is 3. The van der Waals surface area contributed by atoms with Gasteiger partial charge in [-0.25, -0.2) is 14.5 Å². The third-order valence-corrected chi connectivity index (χ3v) is 3.06. The van der Waals surface area contributed by atoms with Crippen molar-refractivity contribution in [3.8, 4) is 5.69 Å². The number of halogens is 1. The van der Waals surface area contributed by atoms with Gasteiger partial charge in [-0.3, -0.25) is 0 Å². The van der Waals surface area contributed by atoms with E-state index >= 15 is 0 Å². The number of hydrogen-bond donors (Lipinski definition) is 1. The predicted molar refractivity (Wildman–Crippen MR) is 75.1 cm³/mol. The fraction of sp³-hybridized carbons (Fsp3) is 0.250. The maximum absolute atomic E-state index is 10.9. The van der Waals surface area contributed by atoms with E-state index in [2.05, 4.69) is 32.7 Å². The zero-order valence-electron chi connectivity index (χ0n) is 9.96. The molecule has 0 aliphatic carbocycles. The minimum atomic E-state index is -1.11. The van der Waals surface area contributed by atoms with Crippen molar-refractivity contribution >= 4 is 28.6 Å². The fourth-order valence-corrected chi connectivity index (χ4v) is 2.11. The summed E-state index contributed by atoms with van der Waals surface area (Å²) in [4.78, 5) is 15.0. The Morgan fingerprint density at radius 1 is 1.44 bits per heavy atom. The molecule has 0 unspecified atom stereocenters. The number of aromatic nitrogens is 3. The number of carboxylic acids is 1. The topological polar surface area (TPSA) is 68.0 Å². The monoisotopic (exact) mass is 357 g/mol. The molecule has 1 aromatic carbocycles. The van der Waals surface area contributed by atoms with Gasteiger partial charge in [0.05, 0.1) is 5.69 Å². The summed E-state index contributed by atoms with van der Waals surface area (Å²) in [7, 11) is 0. The number of carbonyl (C=O) groups is 1. The van der Waals surface area contributed by atoms with Crippen molar-refractivity contribution in [2.75, 3.05) is 0 Å². The molecule has 1 heterocycles. The largest absolute Gasteiger partial charge is 0.475 e. The van der Waals surface area contributed by atoms with E-state index in [-0.39, 0.29) is 11.7 Å². The van der Waals surface area contributed by atoms with Crippen molar-refractivity contribution in [3.05, 3.63) is 39.5 Å². The summed E-state index contributed by atoms with van der Waals surface area (Å²) in [6, 6.07) is 7.69. The first-order valence-electron chi connectivity index (χ1n) is 5.45. The Labute approximate surface area is 118 Å². The van der Waals surface area contributed by atoms with Gasteiger partial charge in [0, 0.05) is 9.49 Å². The molecule has 0 amide bonds. The molecule has 0 aliphatic heterocycles. The van der Waals surface area contributed by atoms with Crippen molar-refractivity contribution in [3.63, 3.8) is 0 Å². The maximum atomic E-state index is 10.9.